The Morgan fingerprint density at radius 3 is 2.47 bits per heavy atom. The average Bonchev–Trinajstić information content (AvgIpc) is 2.81. The molecule has 2 nitrogen and oxygen atoms in total. The van der Waals surface area contributed by atoms with Crippen LogP contribution in [0.3, 0.4) is 0 Å². The maximum absolute atomic E-state index is 5.98. The zero-order chi connectivity index (χ0) is 12.3. The van der Waals surface area contributed by atoms with E-state index < -0.39 is 0 Å². The Bertz CT molecular complexity index is 453. The molecule has 1 heterocycles. The molecule has 0 amide bonds. The van der Waals surface area contributed by atoms with Crippen molar-refractivity contribution in [2.45, 2.75) is 19.1 Å². The van der Waals surface area contributed by atoms with Crippen LogP contribution >= 0.6 is 27.3 Å². The molecular formula is C13H14BrNOS. The number of hydrogen-bond donors (Lipinski definition) is 1. The van der Waals surface area contributed by atoms with E-state index in [9.17, 15) is 0 Å². The van der Waals surface area contributed by atoms with Crippen LogP contribution in [-0.2, 0) is 0 Å². The monoisotopic (exact) mass is 311 g/mol. The number of hydrogen-bond acceptors (Lipinski definition) is 3. The molecular weight excluding hydrogens is 298 g/mol. The van der Waals surface area contributed by atoms with Gasteiger partial charge in [0.05, 0.1) is 0 Å². The van der Waals surface area contributed by atoms with E-state index in [4.69, 9.17) is 10.5 Å². The quantitative estimate of drug-likeness (QED) is 0.927. The number of rotatable bonds is 4. The molecule has 2 rings (SSSR count). The van der Waals surface area contributed by atoms with Gasteiger partial charge in [0.25, 0.3) is 0 Å². The Labute approximate surface area is 114 Å². The number of benzene rings is 1. The van der Waals surface area contributed by atoms with Crippen LogP contribution in [0, 0.1) is 0 Å². The van der Waals surface area contributed by atoms with Crippen molar-refractivity contribution in [3.63, 3.8) is 0 Å². The maximum atomic E-state index is 5.98. The second-order valence-electron chi connectivity index (χ2n) is 3.87. The lowest BCUT2D eigenvalue weighted by Crippen LogP contribution is -2.28. The molecule has 0 aliphatic rings. The van der Waals surface area contributed by atoms with Gasteiger partial charge in [0.2, 0.25) is 0 Å². The van der Waals surface area contributed by atoms with Gasteiger partial charge in [0.15, 0.2) is 0 Å². The highest BCUT2D eigenvalue weighted by molar-refractivity contribution is 9.10. The molecule has 0 saturated heterocycles. The van der Waals surface area contributed by atoms with Crippen molar-refractivity contribution in [2.75, 3.05) is 0 Å². The Hall–Kier alpha value is -0.840. The third kappa shape index (κ3) is 3.31. The van der Waals surface area contributed by atoms with Gasteiger partial charge in [-0.15, -0.1) is 11.3 Å². The van der Waals surface area contributed by atoms with E-state index in [-0.39, 0.29) is 12.1 Å². The van der Waals surface area contributed by atoms with Gasteiger partial charge in [-0.1, -0.05) is 22.0 Å². The summed E-state index contributed by atoms with van der Waals surface area (Å²) in [6.07, 6.45) is -0.0869. The Morgan fingerprint density at radius 1 is 1.24 bits per heavy atom. The molecule has 1 aromatic heterocycles. The molecule has 0 saturated carbocycles. The van der Waals surface area contributed by atoms with Crippen LogP contribution in [0.5, 0.6) is 5.75 Å². The normalized spacial score (nSPS) is 14.3. The highest BCUT2D eigenvalue weighted by Gasteiger charge is 2.19. The molecule has 2 aromatic rings. The molecule has 0 spiro atoms. The maximum Gasteiger partial charge on any atom is 0.148 e. The van der Waals surface area contributed by atoms with Crippen molar-refractivity contribution in [3.8, 4) is 5.75 Å². The van der Waals surface area contributed by atoms with Gasteiger partial charge in [-0.05, 0) is 42.6 Å². The zero-order valence-electron chi connectivity index (χ0n) is 9.47. The standard InChI is InChI=1S/C13H14BrNOS/c1-9(15)13(12-3-2-8-17-12)16-11-6-4-10(14)5-7-11/h2-9,13H,15H2,1H3. The van der Waals surface area contributed by atoms with Crippen LogP contribution in [0.2, 0.25) is 0 Å². The van der Waals surface area contributed by atoms with Crippen molar-refractivity contribution in [3.05, 3.63) is 51.1 Å². The van der Waals surface area contributed by atoms with Crippen molar-refractivity contribution in [1.29, 1.82) is 0 Å². The molecule has 2 N–H and O–H groups in total. The first kappa shape index (κ1) is 12.6. The van der Waals surface area contributed by atoms with Gasteiger partial charge < -0.3 is 10.5 Å². The molecule has 90 valence electrons. The van der Waals surface area contributed by atoms with Gasteiger partial charge in [-0.3, -0.25) is 0 Å². The number of halogens is 1. The van der Waals surface area contributed by atoms with E-state index in [1.807, 2.05) is 42.6 Å². The summed E-state index contributed by atoms with van der Waals surface area (Å²) in [6.45, 7) is 1.96. The summed E-state index contributed by atoms with van der Waals surface area (Å²) >= 11 is 5.07. The van der Waals surface area contributed by atoms with E-state index in [0.29, 0.717) is 0 Å². The summed E-state index contributed by atoms with van der Waals surface area (Å²) in [5.74, 6) is 0.837. The molecule has 0 bridgehead atoms. The Balaban J connectivity index is 2.16. The zero-order valence-corrected chi connectivity index (χ0v) is 11.9. The van der Waals surface area contributed by atoms with Crippen LogP contribution < -0.4 is 10.5 Å². The summed E-state index contributed by atoms with van der Waals surface area (Å²) in [6, 6.07) is 11.8. The molecule has 0 aliphatic heterocycles. The van der Waals surface area contributed by atoms with Gasteiger partial charge >= 0.3 is 0 Å². The summed E-state index contributed by atoms with van der Waals surface area (Å²) in [5, 5.41) is 2.04. The molecule has 0 fully saturated rings. The van der Waals surface area contributed by atoms with Crippen LogP contribution in [0.25, 0.3) is 0 Å². The lowest BCUT2D eigenvalue weighted by molar-refractivity contribution is 0.184. The smallest absolute Gasteiger partial charge is 0.148 e. The number of ether oxygens (including phenoxy) is 1. The van der Waals surface area contributed by atoms with Crippen molar-refractivity contribution in [2.24, 2.45) is 5.73 Å². The highest BCUT2D eigenvalue weighted by atomic mass is 79.9. The molecule has 0 radical (unpaired) electrons. The van der Waals surface area contributed by atoms with Gasteiger partial charge in [0.1, 0.15) is 11.9 Å². The van der Waals surface area contributed by atoms with Crippen molar-refractivity contribution < 1.29 is 4.74 Å². The van der Waals surface area contributed by atoms with Gasteiger partial charge in [-0.2, -0.15) is 0 Å². The fourth-order valence-corrected chi connectivity index (χ4v) is 2.67. The Kier molecular flexibility index (Phi) is 4.20. The van der Waals surface area contributed by atoms with E-state index >= 15 is 0 Å². The minimum Gasteiger partial charge on any atom is -0.483 e. The molecule has 2 unspecified atom stereocenters. The number of nitrogens with two attached hydrogens (primary N) is 1. The largest absolute Gasteiger partial charge is 0.483 e. The molecule has 2 atom stereocenters. The summed E-state index contributed by atoms with van der Waals surface area (Å²) in [4.78, 5) is 1.16. The van der Waals surface area contributed by atoms with Crippen LogP contribution in [0.1, 0.15) is 17.9 Å². The Morgan fingerprint density at radius 2 is 1.94 bits per heavy atom. The van der Waals surface area contributed by atoms with Gasteiger partial charge in [-0.25, -0.2) is 0 Å². The van der Waals surface area contributed by atoms with Crippen LogP contribution in [-0.4, -0.2) is 6.04 Å². The van der Waals surface area contributed by atoms with E-state index in [0.717, 1.165) is 15.1 Å². The second-order valence-corrected chi connectivity index (χ2v) is 5.76. The molecule has 17 heavy (non-hydrogen) atoms. The van der Waals surface area contributed by atoms with E-state index in [1.54, 1.807) is 11.3 Å². The first-order valence-corrected chi connectivity index (χ1v) is 7.05. The predicted molar refractivity (Wildman–Crippen MR) is 75.5 cm³/mol. The first-order chi connectivity index (χ1) is 8.16. The minimum atomic E-state index is -0.0869. The fraction of sp³-hybridized carbons (Fsp3) is 0.231. The SMILES string of the molecule is CC(N)C(Oc1ccc(Br)cc1)c1cccs1. The summed E-state index contributed by atoms with van der Waals surface area (Å²) in [5.41, 5.74) is 5.98. The van der Waals surface area contributed by atoms with Crippen molar-refractivity contribution in [1.82, 2.24) is 0 Å². The number of thiophene rings is 1. The van der Waals surface area contributed by atoms with Crippen molar-refractivity contribution >= 4 is 27.3 Å². The summed E-state index contributed by atoms with van der Waals surface area (Å²) in [7, 11) is 0. The highest BCUT2D eigenvalue weighted by Crippen LogP contribution is 2.28. The third-order valence-corrected chi connectivity index (χ3v) is 3.84. The molecule has 0 aliphatic carbocycles. The second kappa shape index (κ2) is 5.67. The van der Waals surface area contributed by atoms with E-state index in [2.05, 4.69) is 22.0 Å². The predicted octanol–water partition coefficient (Wildman–Crippen LogP) is 3.98. The molecule has 1 aromatic carbocycles. The lowest BCUT2D eigenvalue weighted by atomic mass is 10.1. The van der Waals surface area contributed by atoms with Gasteiger partial charge in [0, 0.05) is 15.4 Å². The minimum absolute atomic E-state index is 0.0442. The lowest BCUT2D eigenvalue weighted by Gasteiger charge is -2.21. The van der Waals surface area contributed by atoms with Crippen LogP contribution in [0.15, 0.2) is 46.3 Å². The average molecular weight is 312 g/mol. The van der Waals surface area contributed by atoms with E-state index in [1.165, 1.54) is 0 Å². The third-order valence-electron chi connectivity index (χ3n) is 2.38. The fourth-order valence-electron chi connectivity index (χ4n) is 1.54. The first-order valence-electron chi connectivity index (χ1n) is 5.38. The molecule has 4 heteroatoms. The van der Waals surface area contributed by atoms with Crippen LogP contribution in [0.4, 0.5) is 0 Å². The summed E-state index contributed by atoms with van der Waals surface area (Å²) < 4.78 is 6.98. The topological polar surface area (TPSA) is 35.2 Å².